The van der Waals surface area contributed by atoms with Crippen LogP contribution in [0.4, 0.5) is 4.79 Å². The molecule has 2 N–H and O–H groups in total. The molecule has 2 amide bonds. The maximum Gasteiger partial charge on any atom is 0.319 e. The van der Waals surface area contributed by atoms with Gasteiger partial charge < -0.3 is 10.6 Å². The molecule has 0 radical (unpaired) electrons. The van der Waals surface area contributed by atoms with Gasteiger partial charge in [0.25, 0.3) is 0 Å². The highest BCUT2D eigenvalue weighted by Gasteiger charge is 1.97. The minimum atomic E-state index is -0.230. The van der Waals surface area contributed by atoms with Crippen LogP contribution in [0.25, 0.3) is 6.08 Å². The van der Waals surface area contributed by atoms with Crippen LogP contribution in [0.1, 0.15) is 16.7 Å². The second-order valence-corrected chi connectivity index (χ2v) is 4.37. The van der Waals surface area contributed by atoms with Crippen LogP contribution >= 0.6 is 0 Å². The number of nitrogens with zero attached hydrogens (tertiary/aromatic N) is 1. The van der Waals surface area contributed by atoms with Gasteiger partial charge in [-0.15, -0.1) is 0 Å². The highest BCUT2D eigenvalue weighted by atomic mass is 16.2. The Morgan fingerprint density at radius 3 is 2.70 bits per heavy atom. The first-order valence-electron chi connectivity index (χ1n) is 6.41. The van der Waals surface area contributed by atoms with Crippen molar-refractivity contribution < 1.29 is 4.79 Å². The Balaban J connectivity index is 1.79. The van der Waals surface area contributed by atoms with Crippen molar-refractivity contribution >= 4 is 12.1 Å². The topological polar surface area (TPSA) is 54.0 Å². The Labute approximate surface area is 118 Å². The highest BCUT2D eigenvalue weighted by Crippen LogP contribution is 2.07. The molecular weight excluding hydrogens is 250 g/mol. The number of pyridine rings is 1. The standard InChI is InChI=1S/C16H17N3O/c1-13-4-2-3-5-15(13)8-11-18-16(20)19-12-14-6-9-17-10-7-14/h2-11H,12H2,1H3,(H2,18,19,20)/b11-8+. The number of aryl methyl sites for hydroxylation is 1. The summed E-state index contributed by atoms with van der Waals surface area (Å²) in [5, 5.41) is 5.45. The molecule has 0 aliphatic carbocycles. The Bertz CT molecular complexity index is 594. The average Bonchev–Trinajstić information content (AvgIpc) is 2.48. The predicted octanol–water partition coefficient (Wildman–Crippen LogP) is 2.86. The van der Waals surface area contributed by atoms with Crippen molar-refractivity contribution in [3.8, 4) is 0 Å². The van der Waals surface area contributed by atoms with Crippen molar-refractivity contribution in [3.05, 3.63) is 71.7 Å². The summed E-state index contributed by atoms with van der Waals surface area (Å²) in [5.74, 6) is 0. The summed E-state index contributed by atoms with van der Waals surface area (Å²) in [6.45, 7) is 2.51. The van der Waals surface area contributed by atoms with E-state index >= 15 is 0 Å². The summed E-state index contributed by atoms with van der Waals surface area (Å²) in [6.07, 6.45) is 6.92. The number of hydrogen-bond acceptors (Lipinski definition) is 2. The maximum absolute atomic E-state index is 11.6. The number of urea groups is 1. The molecule has 0 saturated carbocycles. The van der Waals surface area contributed by atoms with Crippen molar-refractivity contribution in [2.45, 2.75) is 13.5 Å². The van der Waals surface area contributed by atoms with E-state index in [1.165, 1.54) is 5.56 Å². The van der Waals surface area contributed by atoms with Crippen molar-refractivity contribution in [1.29, 1.82) is 0 Å². The van der Waals surface area contributed by atoms with E-state index in [2.05, 4.69) is 15.6 Å². The van der Waals surface area contributed by atoms with E-state index in [1.54, 1.807) is 18.6 Å². The largest absolute Gasteiger partial charge is 0.334 e. The Morgan fingerprint density at radius 1 is 1.20 bits per heavy atom. The number of aromatic nitrogens is 1. The molecule has 2 rings (SSSR count). The van der Waals surface area contributed by atoms with Crippen LogP contribution < -0.4 is 10.6 Å². The molecule has 0 spiro atoms. The van der Waals surface area contributed by atoms with Gasteiger partial charge in [0.05, 0.1) is 0 Å². The third-order valence-electron chi connectivity index (χ3n) is 2.87. The van der Waals surface area contributed by atoms with Crippen LogP contribution in [0.2, 0.25) is 0 Å². The highest BCUT2D eigenvalue weighted by molar-refractivity contribution is 5.76. The number of carbonyl (C=O) groups is 1. The monoisotopic (exact) mass is 267 g/mol. The van der Waals surface area contributed by atoms with E-state index in [-0.39, 0.29) is 6.03 Å². The van der Waals surface area contributed by atoms with Crippen LogP contribution in [0, 0.1) is 6.92 Å². The minimum Gasteiger partial charge on any atom is -0.334 e. The lowest BCUT2D eigenvalue weighted by Gasteiger charge is -2.04. The second kappa shape index (κ2) is 7.09. The molecule has 0 aliphatic heterocycles. The van der Waals surface area contributed by atoms with Crippen LogP contribution in [0.5, 0.6) is 0 Å². The summed E-state index contributed by atoms with van der Waals surface area (Å²) < 4.78 is 0. The van der Waals surface area contributed by atoms with E-state index in [0.717, 1.165) is 11.1 Å². The second-order valence-electron chi connectivity index (χ2n) is 4.37. The molecule has 0 saturated heterocycles. The first-order chi connectivity index (χ1) is 9.75. The SMILES string of the molecule is Cc1ccccc1/C=C/NC(=O)NCc1ccncc1. The molecule has 4 heteroatoms. The summed E-state index contributed by atoms with van der Waals surface area (Å²) in [4.78, 5) is 15.5. The minimum absolute atomic E-state index is 0.230. The smallest absolute Gasteiger partial charge is 0.319 e. The summed E-state index contributed by atoms with van der Waals surface area (Å²) in [7, 11) is 0. The molecule has 4 nitrogen and oxygen atoms in total. The molecule has 20 heavy (non-hydrogen) atoms. The molecule has 0 bridgehead atoms. The van der Waals surface area contributed by atoms with Crippen LogP contribution in [-0.2, 0) is 6.54 Å². The molecule has 102 valence electrons. The zero-order valence-corrected chi connectivity index (χ0v) is 11.3. The number of carbonyl (C=O) groups excluding carboxylic acids is 1. The third-order valence-corrected chi connectivity index (χ3v) is 2.87. The van der Waals surface area contributed by atoms with Gasteiger partial charge in [0.2, 0.25) is 0 Å². The van der Waals surface area contributed by atoms with E-state index in [4.69, 9.17) is 0 Å². The number of rotatable bonds is 4. The van der Waals surface area contributed by atoms with Gasteiger partial charge in [0, 0.05) is 25.1 Å². The van der Waals surface area contributed by atoms with Gasteiger partial charge in [-0.2, -0.15) is 0 Å². The molecule has 1 heterocycles. The molecule has 2 aromatic rings. The van der Waals surface area contributed by atoms with Crippen LogP contribution in [-0.4, -0.2) is 11.0 Å². The normalized spacial score (nSPS) is 10.4. The Morgan fingerprint density at radius 2 is 1.95 bits per heavy atom. The van der Waals surface area contributed by atoms with Gasteiger partial charge in [0.1, 0.15) is 0 Å². The van der Waals surface area contributed by atoms with Crippen LogP contribution in [0.15, 0.2) is 55.0 Å². The van der Waals surface area contributed by atoms with E-state index in [9.17, 15) is 4.79 Å². The van der Waals surface area contributed by atoms with Gasteiger partial charge in [-0.25, -0.2) is 4.79 Å². The summed E-state index contributed by atoms with van der Waals surface area (Å²) in [6, 6.07) is 11.5. The lowest BCUT2D eigenvalue weighted by molar-refractivity contribution is 0.244. The van der Waals surface area contributed by atoms with Crippen molar-refractivity contribution in [3.63, 3.8) is 0 Å². The molecule has 0 aliphatic rings. The van der Waals surface area contributed by atoms with Gasteiger partial charge in [0.15, 0.2) is 0 Å². The third kappa shape index (κ3) is 4.24. The molecule has 1 aromatic heterocycles. The summed E-state index contributed by atoms with van der Waals surface area (Å²) >= 11 is 0. The number of benzene rings is 1. The zero-order valence-electron chi connectivity index (χ0n) is 11.3. The molecule has 0 fully saturated rings. The lowest BCUT2D eigenvalue weighted by Crippen LogP contribution is -2.31. The van der Waals surface area contributed by atoms with E-state index in [0.29, 0.717) is 6.54 Å². The molecule has 1 aromatic carbocycles. The number of hydrogen-bond donors (Lipinski definition) is 2. The van der Waals surface area contributed by atoms with Crippen molar-refractivity contribution in [2.24, 2.45) is 0 Å². The van der Waals surface area contributed by atoms with Gasteiger partial charge in [-0.05, 0) is 41.8 Å². The maximum atomic E-state index is 11.6. The van der Waals surface area contributed by atoms with Gasteiger partial charge in [-0.1, -0.05) is 24.3 Å². The molecular formula is C16H17N3O. The first kappa shape index (κ1) is 13.8. The quantitative estimate of drug-likeness (QED) is 0.895. The fourth-order valence-electron chi connectivity index (χ4n) is 1.71. The molecule has 0 atom stereocenters. The Kier molecular flexibility index (Phi) is 4.89. The predicted molar refractivity (Wildman–Crippen MR) is 79.8 cm³/mol. The zero-order chi connectivity index (χ0) is 14.2. The van der Waals surface area contributed by atoms with Crippen molar-refractivity contribution in [2.75, 3.05) is 0 Å². The lowest BCUT2D eigenvalue weighted by atomic mass is 10.1. The fraction of sp³-hybridized carbons (Fsp3) is 0.125. The van der Waals surface area contributed by atoms with E-state index in [1.807, 2.05) is 49.4 Å². The first-order valence-corrected chi connectivity index (χ1v) is 6.41. The summed E-state index contributed by atoms with van der Waals surface area (Å²) in [5.41, 5.74) is 3.27. The van der Waals surface area contributed by atoms with Crippen molar-refractivity contribution in [1.82, 2.24) is 15.6 Å². The van der Waals surface area contributed by atoms with Gasteiger partial charge in [-0.3, -0.25) is 4.98 Å². The average molecular weight is 267 g/mol. The fourth-order valence-corrected chi connectivity index (χ4v) is 1.71. The molecule has 0 unspecified atom stereocenters. The van der Waals surface area contributed by atoms with E-state index < -0.39 is 0 Å². The Hall–Kier alpha value is -2.62. The number of nitrogens with one attached hydrogen (secondary N) is 2. The van der Waals surface area contributed by atoms with Crippen LogP contribution in [0.3, 0.4) is 0 Å². The van der Waals surface area contributed by atoms with Gasteiger partial charge >= 0.3 is 6.03 Å². The number of amides is 2.